The molecule has 0 aromatic carbocycles. The number of aliphatic carboxylic acids is 1. The van der Waals surface area contributed by atoms with E-state index in [0.29, 0.717) is 0 Å². The number of carbonyl (C=O) groups excluding carboxylic acids is 1. The number of carboxylic acids is 1. The smallest absolute Gasteiger partial charge is 0.335 e. The van der Waals surface area contributed by atoms with Gasteiger partial charge in [-0.15, -0.1) is 0 Å². The number of rotatable bonds is 7. The van der Waals surface area contributed by atoms with E-state index in [1.54, 1.807) is 0 Å². The SMILES string of the molecule is CC(=O)N(COCS)C(C)C(O)C(O)C(=O)O.[Ac].[Ac]. The number of aliphatic hydroxyl groups excluding tert-OH is 2. The van der Waals surface area contributed by atoms with E-state index in [9.17, 15) is 19.8 Å². The number of carbonyl (C=O) groups is 2. The van der Waals surface area contributed by atoms with Crippen LogP contribution in [0, 0.1) is 88.1 Å². The van der Waals surface area contributed by atoms with Crippen LogP contribution in [0.2, 0.25) is 0 Å². The van der Waals surface area contributed by atoms with E-state index >= 15 is 0 Å². The first-order chi connectivity index (χ1) is 7.82. The van der Waals surface area contributed by atoms with Crippen LogP contribution in [0.1, 0.15) is 13.8 Å². The van der Waals surface area contributed by atoms with Gasteiger partial charge in [-0.1, -0.05) is 0 Å². The molecule has 0 aliphatic heterocycles. The summed E-state index contributed by atoms with van der Waals surface area (Å²) in [5.74, 6) is -1.88. The fourth-order valence-corrected chi connectivity index (χ4v) is 1.31. The molecule has 1 amide bonds. The predicted octanol–water partition coefficient (Wildman–Crippen LogP) is -1.11. The Morgan fingerprint density at radius 1 is 1.32 bits per heavy atom. The van der Waals surface area contributed by atoms with Crippen LogP contribution >= 0.6 is 12.6 Å². The first-order valence-electron chi connectivity index (χ1n) is 4.87. The van der Waals surface area contributed by atoms with Crippen molar-refractivity contribution in [3.63, 3.8) is 0 Å². The summed E-state index contributed by atoms with van der Waals surface area (Å²) in [6.07, 6.45) is -3.55. The number of amides is 1. The van der Waals surface area contributed by atoms with E-state index in [1.807, 2.05) is 0 Å². The largest absolute Gasteiger partial charge is 0.479 e. The van der Waals surface area contributed by atoms with Gasteiger partial charge < -0.3 is 25.0 Å². The second-order valence-electron chi connectivity index (χ2n) is 3.47. The van der Waals surface area contributed by atoms with Crippen LogP contribution in [0.15, 0.2) is 0 Å². The minimum Gasteiger partial charge on any atom is -0.479 e. The summed E-state index contributed by atoms with van der Waals surface area (Å²) in [6, 6.07) is -0.890. The number of aliphatic hydroxyl groups is 2. The number of carboxylic acid groups (broad SMARTS) is 1. The van der Waals surface area contributed by atoms with E-state index in [2.05, 4.69) is 12.6 Å². The number of ether oxygens (including phenoxy) is 1. The third kappa shape index (κ3) is 9.63. The summed E-state index contributed by atoms with van der Waals surface area (Å²) < 4.78 is 4.90. The van der Waals surface area contributed by atoms with E-state index in [-0.39, 0.29) is 101 Å². The minimum atomic E-state index is -1.96. The Balaban J connectivity index is -0.00000128. The van der Waals surface area contributed by atoms with E-state index in [1.165, 1.54) is 13.8 Å². The molecule has 2 radical (unpaired) electrons. The molecule has 7 nitrogen and oxygen atoms in total. The van der Waals surface area contributed by atoms with Crippen LogP contribution in [-0.4, -0.2) is 63.0 Å². The van der Waals surface area contributed by atoms with Gasteiger partial charge in [0.2, 0.25) is 5.91 Å². The molecule has 0 fully saturated rings. The van der Waals surface area contributed by atoms with Crippen molar-refractivity contribution in [2.45, 2.75) is 32.1 Å². The number of thiol groups is 1. The molecular weight excluding hydrogens is 704 g/mol. The van der Waals surface area contributed by atoms with Crippen molar-refractivity contribution in [2.75, 3.05) is 12.7 Å². The summed E-state index contributed by atoms with van der Waals surface area (Å²) in [4.78, 5) is 22.9. The molecule has 0 bridgehead atoms. The normalized spacial score (nSPS) is 14.4. The molecule has 19 heavy (non-hydrogen) atoms. The number of hydrogen-bond donors (Lipinski definition) is 4. The first kappa shape index (κ1) is 26.0. The zero-order valence-electron chi connectivity index (χ0n) is 10.8. The Bertz CT molecular complexity index is 283. The average molecular weight is 721 g/mol. The molecule has 0 saturated heterocycles. The molecule has 0 heterocycles. The van der Waals surface area contributed by atoms with Gasteiger partial charge in [0, 0.05) is 95.0 Å². The second kappa shape index (κ2) is 13.7. The molecule has 3 N–H and O–H groups in total. The predicted molar refractivity (Wildman–Crippen MR) is 61.4 cm³/mol. The van der Waals surface area contributed by atoms with Crippen LogP contribution in [0.25, 0.3) is 0 Å². The Kier molecular flexibility index (Phi) is 18.7. The quantitative estimate of drug-likeness (QED) is 0.197. The Morgan fingerprint density at radius 2 is 1.79 bits per heavy atom. The monoisotopic (exact) mass is 721 g/mol. The van der Waals surface area contributed by atoms with Crippen molar-refractivity contribution in [1.82, 2.24) is 4.90 Å². The molecule has 0 saturated carbocycles. The maximum atomic E-state index is 11.3. The third-order valence-electron chi connectivity index (χ3n) is 2.29. The third-order valence-corrected chi connectivity index (χ3v) is 2.47. The maximum Gasteiger partial charge on any atom is 0.335 e. The van der Waals surface area contributed by atoms with Crippen molar-refractivity contribution in [2.24, 2.45) is 0 Å². The van der Waals surface area contributed by atoms with Crippen LogP contribution in [0.5, 0.6) is 0 Å². The molecule has 0 aliphatic rings. The molecule has 3 unspecified atom stereocenters. The van der Waals surface area contributed by atoms with Gasteiger partial charge in [-0.3, -0.25) is 4.79 Å². The molecule has 0 aromatic rings. The fourth-order valence-electron chi connectivity index (χ4n) is 1.23. The molecule has 0 spiro atoms. The van der Waals surface area contributed by atoms with E-state index < -0.39 is 30.1 Å². The Hall–Kier alpha value is 2.05. The molecule has 3 atom stereocenters. The first-order valence-corrected chi connectivity index (χ1v) is 5.51. The zero-order valence-corrected chi connectivity index (χ0v) is 21.1. The van der Waals surface area contributed by atoms with Crippen LogP contribution < -0.4 is 0 Å². The minimum absolute atomic E-state index is 0. The Morgan fingerprint density at radius 3 is 2.11 bits per heavy atom. The summed E-state index contributed by atoms with van der Waals surface area (Å²) in [7, 11) is 0. The van der Waals surface area contributed by atoms with Crippen molar-refractivity contribution in [3.8, 4) is 0 Å². The molecule has 10 heteroatoms. The van der Waals surface area contributed by atoms with Crippen LogP contribution in [-0.2, 0) is 14.3 Å². The summed E-state index contributed by atoms with van der Waals surface area (Å²) in [5, 5.41) is 27.3. The second-order valence-corrected chi connectivity index (χ2v) is 3.72. The molecule has 0 aliphatic carbocycles. The van der Waals surface area contributed by atoms with Crippen molar-refractivity contribution < 1.29 is 118 Å². The van der Waals surface area contributed by atoms with Gasteiger partial charge in [-0.25, -0.2) is 4.79 Å². The summed E-state index contributed by atoms with van der Waals surface area (Å²) in [6.45, 7) is 2.53. The number of nitrogens with zero attached hydrogens (tertiary/aromatic N) is 1. The fraction of sp³-hybridized carbons (Fsp3) is 0.778. The van der Waals surface area contributed by atoms with Gasteiger partial charge in [-0.2, -0.15) is 12.6 Å². The van der Waals surface area contributed by atoms with Crippen molar-refractivity contribution >= 4 is 24.5 Å². The van der Waals surface area contributed by atoms with Gasteiger partial charge in [0.1, 0.15) is 12.8 Å². The van der Waals surface area contributed by atoms with E-state index in [4.69, 9.17) is 9.84 Å². The van der Waals surface area contributed by atoms with Crippen LogP contribution in [0.4, 0.5) is 0 Å². The van der Waals surface area contributed by atoms with Gasteiger partial charge >= 0.3 is 5.97 Å². The van der Waals surface area contributed by atoms with Gasteiger partial charge in [0.15, 0.2) is 6.10 Å². The molecule has 106 valence electrons. The Labute approximate surface area is 189 Å². The van der Waals surface area contributed by atoms with E-state index in [0.717, 1.165) is 4.90 Å². The molecule has 0 rings (SSSR count). The van der Waals surface area contributed by atoms with Gasteiger partial charge in [0.05, 0.1) is 12.0 Å². The molecular formula is C9H17Ac2NO6S. The van der Waals surface area contributed by atoms with Gasteiger partial charge in [0.25, 0.3) is 0 Å². The zero-order chi connectivity index (χ0) is 13.6. The standard InChI is InChI=1S/C9H17NO6S.2Ac/c1-5(7(12)8(13)9(14)15)10(6(2)11)3-16-4-17;;/h5,7-8,12-13,17H,3-4H2,1-2H3,(H,14,15);;. The maximum absolute atomic E-state index is 11.3. The van der Waals surface area contributed by atoms with Gasteiger partial charge in [-0.05, 0) is 6.92 Å². The van der Waals surface area contributed by atoms with Crippen LogP contribution in [0.3, 0.4) is 0 Å². The summed E-state index contributed by atoms with van der Waals surface area (Å²) >= 11 is 3.79. The molecule has 0 aromatic heterocycles. The van der Waals surface area contributed by atoms with Crippen molar-refractivity contribution in [3.05, 3.63) is 0 Å². The van der Waals surface area contributed by atoms with Crippen molar-refractivity contribution in [1.29, 1.82) is 0 Å². The number of hydrogen-bond acceptors (Lipinski definition) is 6. The summed E-state index contributed by atoms with van der Waals surface area (Å²) in [5.41, 5.74) is 0. The topological polar surface area (TPSA) is 107 Å². The average Bonchev–Trinajstić information content (AvgIpc) is 2.26.